The van der Waals surface area contributed by atoms with Crippen LogP contribution in [0.3, 0.4) is 0 Å². The van der Waals surface area contributed by atoms with E-state index >= 15 is 0 Å². The van der Waals surface area contributed by atoms with E-state index in [1.54, 1.807) is 0 Å². The fourth-order valence-electron chi connectivity index (χ4n) is 4.35. The van der Waals surface area contributed by atoms with Crippen molar-refractivity contribution in [3.05, 3.63) is 0 Å². The summed E-state index contributed by atoms with van der Waals surface area (Å²) < 4.78 is 20.6. The number of phosphoric ester groups is 1. The Kier molecular flexibility index (Phi) is 24.0. The zero-order valence-electron chi connectivity index (χ0n) is 22.3. The number of carbonyl (C=O) groups is 1. The fourth-order valence-corrected chi connectivity index (χ4v) is 4.71. The molecule has 0 aromatic rings. The molecule has 0 aromatic heterocycles. The van der Waals surface area contributed by atoms with Crippen molar-refractivity contribution in [1.29, 1.82) is 0 Å². The van der Waals surface area contributed by atoms with Gasteiger partial charge in [-0.05, 0) is 25.7 Å². The van der Waals surface area contributed by atoms with Crippen LogP contribution in [0.15, 0.2) is 0 Å². The molecule has 0 rings (SSSR count). The normalized spacial score (nSPS) is 12.7. The van der Waals surface area contributed by atoms with Crippen LogP contribution in [0.4, 0.5) is 0 Å². The predicted octanol–water partition coefficient (Wildman–Crippen LogP) is 8.49. The highest BCUT2D eigenvalue weighted by molar-refractivity contribution is 7.46. The highest BCUT2D eigenvalue weighted by Gasteiger charge is 2.18. The van der Waals surface area contributed by atoms with E-state index in [1.165, 1.54) is 57.8 Å². The van der Waals surface area contributed by atoms with Crippen LogP contribution in [0, 0.1) is 5.92 Å². The van der Waals surface area contributed by atoms with E-state index < -0.39 is 7.82 Å². The summed E-state index contributed by atoms with van der Waals surface area (Å²) in [6, 6.07) is 0. The molecule has 204 valence electrons. The first-order valence-corrected chi connectivity index (χ1v) is 15.8. The second-order valence-electron chi connectivity index (χ2n) is 9.78. The van der Waals surface area contributed by atoms with Crippen LogP contribution in [0.2, 0.25) is 0 Å². The fraction of sp³-hybridized carbons (Fsp3) is 0.963. The van der Waals surface area contributed by atoms with Crippen molar-refractivity contribution in [2.75, 3.05) is 13.2 Å². The topological polar surface area (TPSA) is 93.1 Å². The molecule has 0 aromatic carbocycles. The highest BCUT2D eigenvalue weighted by Crippen LogP contribution is 2.35. The molecule has 0 radical (unpaired) electrons. The third-order valence-corrected chi connectivity index (χ3v) is 6.94. The Bertz CT molecular complexity index is 494. The molecule has 0 bridgehead atoms. The van der Waals surface area contributed by atoms with Crippen molar-refractivity contribution in [3.63, 3.8) is 0 Å². The molecule has 1 atom stereocenters. The lowest BCUT2D eigenvalue weighted by Crippen LogP contribution is -2.18. The molecule has 0 aliphatic heterocycles. The first-order chi connectivity index (χ1) is 16.4. The van der Waals surface area contributed by atoms with Gasteiger partial charge in [-0.1, -0.05) is 123 Å². The Balaban J connectivity index is 3.59. The molecule has 7 heteroatoms. The smallest absolute Gasteiger partial charge is 0.465 e. The first kappa shape index (κ1) is 33.6. The summed E-state index contributed by atoms with van der Waals surface area (Å²) >= 11 is 0. The lowest BCUT2D eigenvalue weighted by Gasteiger charge is -2.15. The Morgan fingerprint density at radius 1 is 0.618 bits per heavy atom. The van der Waals surface area contributed by atoms with Gasteiger partial charge in [0.2, 0.25) is 0 Å². The average molecular weight is 507 g/mol. The summed E-state index contributed by atoms with van der Waals surface area (Å²) in [4.78, 5) is 29.7. The molecule has 34 heavy (non-hydrogen) atoms. The predicted molar refractivity (Wildman–Crippen MR) is 141 cm³/mol. The monoisotopic (exact) mass is 506 g/mol. The minimum Gasteiger partial charge on any atom is -0.465 e. The van der Waals surface area contributed by atoms with Gasteiger partial charge in [-0.25, -0.2) is 4.57 Å². The summed E-state index contributed by atoms with van der Waals surface area (Å²) in [7, 11) is -4.31. The molecule has 0 heterocycles. The van der Waals surface area contributed by atoms with Crippen molar-refractivity contribution >= 4 is 13.8 Å². The number of hydrogen-bond acceptors (Lipinski definition) is 4. The van der Waals surface area contributed by atoms with Crippen LogP contribution >= 0.6 is 7.82 Å². The summed E-state index contributed by atoms with van der Waals surface area (Å²) in [6.45, 7) is 5.06. The molecule has 2 N–H and O–H groups in total. The molecule has 0 spiro atoms. The third-order valence-electron chi connectivity index (χ3n) is 6.42. The zero-order chi connectivity index (χ0) is 25.3. The maximum Gasteiger partial charge on any atom is 0.469 e. The highest BCUT2D eigenvalue weighted by atomic mass is 31.2. The van der Waals surface area contributed by atoms with Crippen molar-refractivity contribution in [1.82, 2.24) is 0 Å². The minimum atomic E-state index is -4.31. The molecule has 0 aliphatic rings. The van der Waals surface area contributed by atoms with Crippen molar-refractivity contribution in [3.8, 4) is 0 Å². The SMILES string of the molecule is CCCCCCCCCCCCC(CCC)C(=O)OCCCCCCCCCCOP(=O)(O)O. The van der Waals surface area contributed by atoms with E-state index in [4.69, 9.17) is 14.5 Å². The summed E-state index contributed by atoms with van der Waals surface area (Å²) in [5.41, 5.74) is 0. The van der Waals surface area contributed by atoms with Crippen molar-refractivity contribution in [2.24, 2.45) is 5.92 Å². The molecule has 0 amide bonds. The van der Waals surface area contributed by atoms with Gasteiger partial charge in [-0.3, -0.25) is 9.32 Å². The Labute approximate surface area is 210 Å². The van der Waals surface area contributed by atoms with Crippen molar-refractivity contribution < 1.29 is 28.4 Å². The largest absolute Gasteiger partial charge is 0.469 e. The number of unbranched alkanes of at least 4 members (excludes halogenated alkanes) is 16. The van der Waals surface area contributed by atoms with Crippen LogP contribution in [0.1, 0.15) is 149 Å². The van der Waals surface area contributed by atoms with Crippen LogP contribution in [0.25, 0.3) is 0 Å². The van der Waals surface area contributed by atoms with Gasteiger partial charge in [0.15, 0.2) is 0 Å². The van der Waals surface area contributed by atoms with E-state index in [1.807, 2.05) is 0 Å². The average Bonchev–Trinajstić information content (AvgIpc) is 2.79. The standard InChI is InChI=1S/C27H55O6P/c1-3-5-6-7-8-9-10-13-16-19-23-26(22-4-2)27(28)32-24-20-17-14-11-12-15-18-21-25-33-34(29,30)31/h26H,3-25H2,1-2H3,(H2,29,30,31). The molecule has 6 nitrogen and oxygen atoms in total. The molecule has 0 saturated carbocycles. The molecule has 0 aliphatic carbocycles. The number of carbonyl (C=O) groups excluding carboxylic acids is 1. The summed E-state index contributed by atoms with van der Waals surface area (Å²) in [6.07, 6.45) is 24.2. The number of ether oxygens (including phenoxy) is 1. The van der Waals surface area contributed by atoms with E-state index in [0.29, 0.717) is 13.0 Å². The number of hydrogen-bond donors (Lipinski definition) is 2. The number of rotatable bonds is 26. The second kappa shape index (κ2) is 24.3. The van der Waals surface area contributed by atoms with Gasteiger partial charge < -0.3 is 14.5 Å². The molecule has 1 unspecified atom stereocenters. The van der Waals surface area contributed by atoms with Crippen LogP contribution < -0.4 is 0 Å². The van der Waals surface area contributed by atoms with E-state index in [2.05, 4.69) is 18.4 Å². The van der Waals surface area contributed by atoms with Gasteiger partial charge in [0.25, 0.3) is 0 Å². The number of phosphoric acid groups is 1. The van der Waals surface area contributed by atoms with Crippen LogP contribution in [-0.4, -0.2) is 29.0 Å². The van der Waals surface area contributed by atoms with E-state index in [9.17, 15) is 9.36 Å². The quantitative estimate of drug-likeness (QED) is 0.0694. The van der Waals surface area contributed by atoms with Gasteiger partial charge >= 0.3 is 13.8 Å². The van der Waals surface area contributed by atoms with Crippen LogP contribution in [0.5, 0.6) is 0 Å². The second-order valence-corrected chi connectivity index (χ2v) is 11.0. The van der Waals surface area contributed by atoms with Crippen LogP contribution in [-0.2, 0) is 18.6 Å². The molecular weight excluding hydrogens is 451 g/mol. The summed E-state index contributed by atoms with van der Waals surface area (Å²) in [5, 5.41) is 0. The van der Waals surface area contributed by atoms with Gasteiger partial charge in [0.05, 0.1) is 19.1 Å². The van der Waals surface area contributed by atoms with Gasteiger partial charge in [0, 0.05) is 0 Å². The number of esters is 1. The van der Waals surface area contributed by atoms with Gasteiger partial charge in [-0.15, -0.1) is 0 Å². The first-order valence-electron chi connectivity index (χ1n) is 14.3. The lowest BCUT2D eigenvalue weighted by molar-refractivity contribution is -0.149. The molecule has 0 saturated heterocycles. The molecular formula is C27H55O6P. The van der Waals surface area contributed by atoms with Gasteiger partial charge in [0.1, 0.15) is 0 Å². The Morgan fingerprint density at radius 2 is 1.06 bits per heavy atom. The molecule has 0 fully saturated rings. The Hall–Kier alpha value is -0.420. The lowest BCUT2D eigenvalue weighted by atomic mass is 9.96. The van der Waals surface area contributed by atoms with E-state index in [-0.39, 0.29) is 18.5 Å². The third kappa shape index (κ3) is 24.7. The van der Waals surface area contributed by atoms with Crippen molar-refractivity contribution in [2.45, 2.75) is 149 Å². The van der Waals surface area contributed by atoms with E-state index in [0.717, 1.165) is 70.6 Å². The van der Waals surface area contributed by atoms with Gasteiger partial charge in [-0.2, -0.15) is 0 Å². The zero-order valence-corrected chi connectivity index (χ0v) is 23.2. The maximum atomic E-state index is 12.5. The minimum absolute atomic E-state index is 0.00954. The maximum absolute atomic E-state index is 12.5. The Morgan fingerprint density at radius 3 is 1.53 bits per heavy atom. The summed E-state index contributed by atoms with van der Waals surface area (Å²) in [5.74, 6) is 0.0869.